The summed E-state index contributed by atoms with van der Waals surface area (Å²) in [5, 5.41) is 0. The van der Waals surface area contributed by atoms with E-state index in [0.717, 1.165) is 11.6 Å². The SMILES string of the molecule is CC(C)c1ccc(C2CC2)nc1.Cc1ccc(C(C)C)cn1. The molecule has 2 aromatic rings. The maximum absolute atomic E-state index is 4.46. The first-order chi connectivity index (χ1) is 10.5. The van der Waals surface area contributed by atoms with Crippen LogP contribution in [0.1, 0.15) is 80.8 Å². The van der Waals surface area contributed by atoms with Crippen LogP contribution in [0.2, 0.25) is 0 Å². The number of aromatic nitrogens is 2. The fourth-order valence-corrected chi connectivity index (χ4v) is 2.20. The summed E-state index contributed by atoms with van der Waals surface area (Å²) in [5.74, 6) is 1.98. The van der Waals surface area contributed by atoms with E-state index in [-0.39, 0.29) is 0 Å². The second-order valence-electron chi connectivity index (χ2n) is 6.83. The van der Waals surface area contributed by atoms with Crippen molar-refractivity contribution in [2.24, 2.45) is 0 Å². The molecule has 118 valence electrons. The van der Waals surface area contributed by atoms with Crippen LogP contribution in [0.5, 0.6) is 0 Å². The number of nitrogens with zero attached hydrogens (tertiary/aromatic N) is 2. The van der Waals surface area contributed by atoms with Gasteiger partial charge in [-0.25, -0.2) is 0 Å². The molecular weight excluding hydrogens is 268 g/mol. The normalized spacial score (nSPS) is 14.0. The van der Waals surface area contributed by atoms with Gasteiger partial charge in [-0.15, -0.1) is 0 Å². The predicted octanol–water partition coefficient (Wildman–Crippen LogP) is 5.60. The number of aryl methyl sites for hydroxylation is 1. The Bertz CT molecular complexity index is 543. The van der Waals surface area contributed by atoms with Gasteiger partial charge in [0.15, 0.2) is 0 Å². The first kappa shape index (κ1) is 16.7. The topological polar surface area (TPSA) is 25.8 Å². The molecule has 0 atom stereocenters. The van der Waals surface area contributed by atoms with Crippen LogP contribution in [0.25, 0.3) is 0 Å². The quantitative estimate of drug-likeness (QED) is 0.737. The van der Waals surface area contributed by atoms with Crippen molar-refractivity contribution in [1.82, 2.24) is 9.97 Å². The average Bonchev–Trinajstić information content (AvgIpc) is 3.33. The first-order valence-corrected chi connectivity index (χ1v) is 8.35. The molecule has 2 nitrogen and oxygen atoms in total. The van der Waals surface area contributed by atoms with Gasteiger partial charge >= 0.3 is 0 Å². The lowest BCUT2D eigenvalue weighted by atomic mass is 10.1. The molecule has 0 unspecified atom stereocenters. The summed E-state index contributed by atoms with van der Waals surface area (Å²) in [4.78, 5) is 8.66. The van der Waals surface area contributed by atoms with Crippen molar-refractivity contribution in [2.45, 2.75) is 65.2 Å². The zero-order valence-electron chi connectivity index (χ0n) is 14.5. The highest BCUT2D eigenvalue weighted by atomic mass is 14.7. The van der Waals surface area contributed by atoms with E-state index in [9.17, 15) is 0 Å². The summed E-state index contributed by atoms with van der Waals surface area (Å²) in [6.45, 7) is 10.8. The molecule has 2 heterocycles. The fourth-order valence-electron chi connectivity index (χ4n) is 2.20. The van der Waals surface area contributed by atoms with Crippen LogP contribution in [0.4, 0.5) is 0 Å². The van der Waals surface area contributed by atoms with E-state index in [0.29, 0.717) is 11.8 Å². The Balaban J connectivity index is 0.000000164. The zero-order chi connectivity index (χ0) is 16.1. The second kappa shape index (κ2) is 7.53. The van der Waals surface area contributed by atoms with Gasteiger partial charge in [-0.3, -0.25) is 9.97 Å². The summed E-state index contributed by atoms with van der Waals surface area (Å²) in [6, 6.07) is 8.58. The number of hydrogen-bond donors (Lipinski definition) is 0. The molecule has 0 bridgehead atoms. The molecule has 2 heteroatoms. The van der Waals surface area contributed by atoms with Gasteiger partial charge in [0.1, 0.15) is 0 Å². The van der Waals surface area contributed by atoms with Crippen molar-refractivity contribution in [3.8, 4) is 0 Å². The van der Waals surface area contributed by atoms with Crippen LogP contribution in [0.15, 0.2) is 36.7 Å². The molecule has 1 fully saturated rings. The van der Waals surface area contributed by atoms with E-state index < -0.39 is 0 Å². The van der Waals surface area contributed by atoms with E-state index in [1.807, 2.05) is 19.3 Å². The molecule has 0 radical (unpaired) electrons. The minimum atomic E-state index is 0.591. The molecule has 1 aliphatic rings. The molecule has 0 amide bonds. The Morgan fingerprint density at radius 3 is 1.73 bits per heavy atom. The molecule has 1 aliphatic carbocycles. The van der Waals surface area contributed by atoms with E-state index in [4.69, 9.17) is 0 Å². The van der Waals surface area contributed by atoms with Crippen LogP contribution in [-0.4, -0.2) is 9.97 Å². The van der Waals surface area contributed by atoms with E-state index in [2.05, 4.69) is 61.9 Å². The lowest BCUT2D eigenvalue weighted by Crippen LogP contribution is -1.91. The van der Waals surface area contributed by atoms with Gasteiger partial charge in [0.2, 0.25) is 0 Å². The monoisotopic (exact) mass is 296 g/mol. The number of hydrogen-bond acceptors (Lipinski definition) is 2. The smallest absolute Gasteiger partial charge is 0.0434 e. The molecule has 0 N–H and O–H groups in total. The second-order valence-corrected chi connectivity index (χ2v) is 6.83. The van der Waals surface area contributed by atoms with E-state index in [1.54, 1.807) is 0 Å². The predicted molar refractivity (Wildman–Crippen MR) is 93.4 cm³/mol. The van der Waals surface area contributed by atoms with Crippen LogP contribution < -0.4 is 0 Å². The third-order valence-corrected chi connectivity index (χ3v) is 4.07. The third-order valence-electron chi connectivity index (χ3n) is 4.07. The van der Waals surface area contributed by atoms with Crippen molar-refractivity contribution < 1.29 is 0 Å². The van der Waals surface area contributed by atoms with Gasteiger partial charge in [-0.05, 0) is 54.9 Å². The summed E-state index contributed by atoms with van der Waals surface area (Å²) < 4.78 is 0. The van der Waals surface area contributed by atoms with Crippen molar-refractivity contribution in [2.75, 3.05) is 0 Å². The van der Waals surface area contributed by atoms with Gasteiger partial charge < -0.3 is 0 Å². The zero-order valence-corrected chi connectivity index (χ0v) is 14.5. The van der Waals surface area contributed by atoms with Crippen molar-refractivity contribution >= 4 is 0 Å². The maximum atomic E-state index is 4.46. The molecule has 3 rings (SSSR count). The van der Waals surface area contributed by atoms with Gasteiger partial charge in [0, 0.05) is 29.7 Å². The lowest BCUT2D eigenvalue weighted by Gasteiger charge is -2.04. The van der Waals surface area contributed by atoms with E-state index in [1.165, 1.54) is 29.7 Å². The number of pyridine rings is 2. The van der Waals surface area contributed by atoms with Crippen molar-refractivity contribution in [3.63, 3.8) is 0 Å². The number of rotatable bonds is 3. The van der Waals surface area contributed by atoms with Crippen LogP contribution in [0.3, 0.4) is 0 Å². The van der Waals surface area contributed by atoms with Gasteiger partial charge in [0.25, 0.3) is 0 Å². The summed E-state index contributed by atoms with van der Waals surface area (Å²) in [5.41, 5.74) is 5.04. The Labute approximate surface area is 135 Å². The first-order valence-electron chi connectivity index (χ1n) is 8.35. The van der Waals surface area contributed by atoms with Crippen LogP contribution in [0, 0.1) is 6.92 Å². The van der Waals surface area contributed by atoms with E-state index >= 15 is 0 Å². The molecule has 0 aromatic carbocycles. The highest BCUT2D eigenvalue weighted by molar-refractivity contribution is 5.21. The molecule has 22 heavy (non-hydrogen) atoms. The standard InChI is InChI=1S/C11H15N.C9H13N/c1-8(2)10-5-6-11(12-7-10)9-3-4-9;1-7(2)9-5-4-8(3)10-6-9/h5-9H,3-4H2,1-2H3;4-7H,1-3H3. The Morgan fingerprint density at radius 2 is 1.36 bits per heavy atom. The highest BCUT2D eigenvalue weighted by Gasteiger charge is 2.24. The average molecular weight is 296 g/mol. The molecule has 0 saturated heterocycles. The van der Waals surface area contributed by atoms with Crippen LogP contribution in [-0.2, 0) is 0 Å². The Hall–Kier alpha value is -1.70. The minimum absolute atomic E-state index is 0.591. The van der Waals surface area contributed by atoms with Crippen molar-refractivity contribution in [1.29, 1.82) is 0 Å². The van der Waals surface area contributed by atoms with Gasteiger partial charge in [-0.2, -0.15) is 0 Å². The van der Waals surface area contributed by atoms with Gasteiger partial charge in [-0.1, -0.05) is 39.8 Å². The van der Waals surface area contributed by atoms with Crippen LogP contribution >= 0.6 is 0 Å². The molecule has 0 spiro atoms. The largest absolute Gasteiger partial charge is 0.261 e. The third kappa shape index (κ3) is 4.94. The Kier molecular flexibility index (Phi) is 5.70. The van der Waals surface area contributed by atoms with Gasteiger partial charge in [0.05, 0.1) is 0 Å². The summed E-state index contributed by atoms with van der Waals surface area (Å²) in [6.07, 6.45) is 6.65. The highest BCUT2D eigenvalue weighted by Crippen LogP contribution is 2.38. The fraction of sp³-hybridized carbons (Fsp3) is 0.500. The summed E-state index contributed by atoms with van der Waals surface area (Å²) >= 11 is 0. The molecule has 1 saturated carbocycles. The molecular formula is C20H28N2. The lowest BCUT2D eigenvalue weighted by molar-refractivity contribution is 0.850. The minimum Gasteiger partial charge on any atom is -0.261 e. The summed E-state index contributed by atoms with van der Waals surface area (Å²) in [7, 11) is 0. The Morgan fingerprint density at radius 1 is 0.818 bits per heavy atom. The molecule has 0 aliphatic heterocycles. The molecule has 2 aromatic heterocycles. The van der Waals surface area contributed by atoms with Crippen molar-refractivity contribution in [3.05, 3.63) is 59.2 Å². The maximum Gasteiger partial charge on any atom is 0.0434 e.